The predicted molar refractivity (Wildman–Crippen MR) is 71.4 cm³/mol. The molecule has 0 spiro atoms. The molecule has 0 N–H and O–H groups in total. The third-order valence-electron chi connectivity index (χ3n) is 3.47. The first-order chi connectivity index (χ1) is 9.45. The molecule has 0 aromatic heterocycles. The number of halogens is 2. The van der Waals surface area contributed by atoms with E-state index in [1.54, 1.807) is 4.90 Å². The zero-order valence-corrected chi connectivity index (χ0v) is 11.7. The fourth-order valence-corrected chi connectivity index (χ4v) is 2.67. The monoisotopic (exact) mass is 283 g/mol. The number of nitrogens with zero attached hydrogens (tertiary/aromatic N) is 1. The summed E-state index contributed by atoms with van der Waals surface area (Å²) in [7, 11) is 0. The van der Waals surface area contributed by atoms with Crippen molar-refractivity contribution < 1.29 is 18.3 Å². The average molecular weight is 283 g/mol. The molecule has 1 amide bonds. The van der Waals surface area contributed by atoms with Gasteiger partial charge < -0.3 is 9.64 Å². The molecule has 0 radical (unpaired) electrons. The Balaban J connectivity index is 1.89. The molecule has 110 valence electrons. The highest BCUT2D eigenvalue weighted by molar-refractivity contribution is 5.77. The molecular formula is C15H19F2NO2. The molecule has 1 aliphatic heterocycles. The first-order valence-corrected chi connectivity index (χ1v) is 6.81. The second-order valence-corrected chi connectivity index (χ2v) is 5.61. The van der Waals surface area contributed by atoms with Crippen LogP contribution in [-0.4, -0.2) is 30.5 Å². The Hall–Kier alpha value is -1.65. The van der Waals surface area contributed by atoms with Gasteiger partial charge in [0, 0.05) is 19.2 Å². The Morgan fingerprint density at radius 1 is 1.25 bits per heavy atom. The van der Waals surface area contributed by atoms with Crippen molar-refractivity contribution in [2.24, 2.45) is 11.8 Å². The van der Waals surface area contributed by atoms with Gasteiger partial charge in [0.1, 0.15) is 5.75 Å². The van der Waals surface area contributed by atoms with E-state index in [0.29, 0.717) is 11.8 Å². The Kier molecular flexibility index (Phi) is 4.57. The van der Waals surface area contributed by atoms with E-state index in [1.807, 2.05) is 0 Å². The molecule has 3 nitrogen and oxygen atoms in total. The van der Waals surface area contributed by atoms with E-state index < -0.39 is 11.6 Å². The molecular weight excluding hydrogens is 264 g/mol. The summed E-state index contributed by atoms with van der Waals surface area (Å²) in [5.41, 5.74) is 0. The maximum atomic E-state index is 13.0. The number of carbonyl (C=O) groups excluding carboxylic acids is 1. The van der Waals surface area contributed by atoms with E-state index >= 15 is 0 Å². The standard InChI is InChI=1S/C15H19F2NO2/c1-10-5-11(2)8-18(7-10)15(19)9-20-12-3-4-13(16)14(17)6-12/h3-4,6,10-11H,5,7-9H2,1-2H3. The lowest BCUT2D eigenvalue weighted by Crippen LogP contribution is -2.44. The van der Waals surface area contributed by atoms with Gasteiger partial charge in [-0.1, -0.05) is 13.8 Å². The number of rotatable bonds is 3. The van der Waals surface area contributed by atoms with Gasteiger partial charge in [-0.2, -0.15) is 0 Å². The normalized spacial score (nSPS) is 22.7. The molecule has 20 heavy (non-hydrogen) atoms. The summed E-state index contributed by atoms with van der Waals surface area (Å²) in [5, 5.41) is 0. The third kappa shape index (κ3) is 3.68. The van der Waals surface area contributed by atoms with Crippen molar-refractivity contribution in [3.8, 4) is 5.75 Å². The van der Waals surface area contributed by atoms with Crippen molar-refractivity contribution in [3.63, 3.8) is 0 Å². The molecule has 0 bridgehead atoms. The van der Waals surface area contributed by atoms with E-state index in [9.17, 15) is 13.6 Å². The number of amides is 1. The van der Waals surface area contributed by atoms with Gasteiger partial charge in [0.25, 0.3) is 5.91 Å². The van der Waals surface area contributed by atoms with Gasteiger partial charge in [-0.15, -0.1) is 0 Å². The Morgan fingerprint density at radius 2 is 1.90 bits per heavy atom. The van der Waals surface area contributed by atoms with Gasteiger partial charge in [0.2, 0.25) is 0 Å². The van der Waals surface area contributed by atoms with Crippen LogP contribution in [0.3, 0.4) is 0 Å². The molecule has 1 aliphatic rings. The summed E-state index contributed by atoms with van der Waals surface area (Å²) < 4.78 is 31.0. The van der Waals surface area contributed by atoms with Crippen LogP contribution in [0.2, 0.25) is 0 Å². The van der Waals surface area contributed by atoms with Crippen LogP contribution < -0.4 is 4.74 Å². The summed E-state index contributed by atoms with van der Waals surface area (Å²) >= 11 is 0. The van der Waals surface area contributed by atoms with E-state index in [2.05, 4.69) is 13.8 Å². The average Bonchev–Trinajstić information content (AvgIpc) is 2.38. The molecule has 2 rings (SSSR count). The first-order valence-electron chi connectivity index (χ1n) is 6.81. The SMILES string of the molecule is CC1CC(C)CN(C(=O)COc2ccc(F)c(F)c2)C1. The molecule has 1 aromatic carbocycles. The predicted octanol–water partition coefficient (Wildman–Crippen LogP) is 2.85. The number of hydrogen-bond donors (Lipinski definition) is 0. The van der Waals surface area contributed by atoms with Gasteiger partial charge in [-0.05, 0) is 30.4 Å². The molecule has 0 aliphatic carbocycles. The topological polar surface area (TPSA) is 29.5 Å². The second kappa shape index (κ2) is 6.20. The summed E-state index contributed by atoms with van der Waals surface area (Å²) in [4.78, 5) is 13.8. The number of piperidine rings is 1. The molecule has 1 saturated heterocycles. The molecule has 0 saturated carbocycles. The lowest BCUT2D eigenvalue weighted by atomic mass is 9.92. The number of hydrogen-bond acceptors (Lipinski definition) is 2. The smallest absolute Gasteiger partial charge is 0.260 e. The molecule has 2 atom stereocenters. The number of carbonyl (C=O) groups is 1. The molecule has 2 unspecified atom stereocenters. The van der Waals surface area contributed by atoms with Crippen LogP contribution in [0.25, 0.3) is 0 Å². The molecule has 1 fully saturated rings. The first kappa shape index (κ1) is 14.8. The van der Waals surface area contributed by atoms with Crippen molar-refractivity contribution in [1.82, 2.24) is 4.90 Å². The summed E-state index contributed by atoms with van der Waals surface area (Å²) in [6.45, 7) is 5.54. The van der Waals surface area contributed by atoms with E-state index in [4.69, 9.17) is 4.74 Å². The van der Waals surface area contributed by atoms with Gasteiger partial charge in [0.05, 0.1) is 0 Å². The highest BCUT2D eigenvalue weighted by atomic mass is 19.2. The van der Waals surface area contributed by atoms with Crippen LogP contribution in [0, 0.1) is 23.5 Å². The zero-order valence-electron chi connectivity index (χ0n) is 11.7. The van der Waals surface area contributed by atoms with Crippen molar-refractivity contribution in [2.75, 3.05) is 19.7 Å². The molecule has 1 aromatic rings. The highest BCUT2D eigenvalue weighted by Gasteiger charge is 2.25. The maximum Gasteiger partial charge on any atom is 0.260 e. The Bertz CT molecular complexity index is 483. The van der Waals surface area contributed by atoms with E-state index in [1.165, 1.54) is 6.07 Å². The lowest BCUT2D eigenvalue weighted by Gasteiger charge is -2.34. The van der Waals surface area contributed by atoms with Crippen molar-refractivity contribution >= 4 is 5.91 Å². The molecule has 1 heterocycles. The summed E-state index contributed by atoms with van der Waals surface area (Å²) in [6, 6.07) is 3.25. The van der Waals surface area contributed by atoms with Crippen LogP contribution in [0.1, 0.15) is 20.3 Å². The second-order valence-electron chi connectivity index (χ2n) is 5.61. The number of benzene rings is 1. The fraction of sp³-hybridized carbons (Fsp3) is 0.533. The van der Waals surface area contributed by atoms with E-state index in [0.717, 1.165) is 31.6 Å². The molecule has 5 heteroatoms. The minimum Gasteiger partial charge on any atom is -0.484 e. The zero-order chi connectivity index (χ0) is 14.7. The number of ether oxygens (including phenoxy) is 1. The quantitative estimate of drug-likeness (QED) is 0.853. The minimum absolute atomic E-state index is 0.117. The van der Waals surface area contributed by atoms with Crippen molar-refractivity contribution in [1.29, 1.82) is 0 Å². The van der Waals surface area contributed by atoms with Gasteiger partial charge in [0.15, 0.2) is 18.2 Å². The van der Waals surface area contributed by atoms with Gasteiger partial charge in [-0.3, -0.25) is 4.79 Å². The minimum atomic E-state index is -0.977. The Morgan fingerprint density at radius 3 is 2.50 bits per heavy atom. The van der Waals surface area contributed by atoms with Gasteiger partial charge >= 0.3 is 0 Å². The van der Waals surface area contributed by atoms with Crippen LogP contribution in [0.5, 0.6) is 5.75 Å². The van der Waals surface area contributed by atoms with Crippen molar-refractivity contribution in [3.05, 3.63) is 29.8 Å². The van der Waals surface area contributed by atoms with Crippen LogP contribution in [0.4, 0.5) is 8.78 Å². The van der Waals surface area contributed by atoms with E-state index in [-0.39, 0.29) is 18.3 Å². The summed E-state index contributed by atoms with van der Waals surface area (Å²) in [5.74, 6) is -0.905. The lowest BCUT2D eigenvalue weighted by molar-refractivity contribution is -0.136. The largest absolute Gasteiger partial charge is 0.484 e. The third-order valence-corrected chi connectivity index (χ3v) is 3.47. The van der Waals surface area contributed by atoms with Crippen LogP contribution in [-0.2, 0) is 4.79 Å². The maximum absolute atomic E-state index is 13.0. The van der Waals surface area contributed by atoms with Gasteiger partial charge in [-0.25, -0.2) is 8.78 Å². The van der Waals surface area contributed by atoms with Crippen molar-refractivity contribution in [2.45, 2.75) is 20.3 Å². The summed E-state index contributed by atoms with van der Waals surface area (Å²) in [6.07, 6.45) is 1.12. The Labute approximate surface area is 117 Å². The number of likely N-dealkylation sites (tertiary alicyclic amines) is 1. The fourth-order valence-electron chi connectivity index (χ4n) is 2.67. The highest BCUT2D eigenvalue weighted by Crippen LogP contribution is 2.21. The van der Waals surface area contributed by atoms with Crippen LogP contribution >= 0.6 is 0 Å². The van der Waals surface area contributed by atoms with Crippen LogP contribution in [0.15, 0.2) is 18.2 Å².